The van der Waals surface area contributed by atoms with Crippen molar-refractivity contribution in [2.45, 2.75) is 78.1 Å². The van der Waals surface area contributed by atoms with Gasteiger partial charge in [0, 0.05) is 26.1 Å². The average Bonchev–Trinajstić information content (AvgIpc) is 3.22. The van der Waals surface area contributed by atoms with Gasteiger partial charge in [0.15, 0.2) is 5.79 Å². The van der Waals surface area contributed by atoms with Crippen molar-refractivity contribution in [3.05, 3.63) is 0 Å². The maximum absolute atomic E-state index is 13.3. The number of nitrogens with zero attached hydrogens (tertiary/aromatic N) is 1. The van der Waals surface area contributed by atoms with Crippen molar-refractivity contribution in [2.75, 3.05) is 32.8 Å². The summed E-state index contributed by atoms with van der Waals surface area (Å²) in [6.07, 6.45) is 4.40. The molecule has 0 bridgehead atoms. The molecule has 0 aromatic heterocycles. The molecule has 2 aliphatic heterocycles. The van der Waals surface area contributed by atoms with E-state index in [1.807, 2.05) is 27.7 Å². The Labute approximate surface area is 174 Å². The molecule has 0 aromatic rings. The highest BCUT2D eigenvalue weighted by atomic mass is 16.7. The lowest BCUT2D eigenvalue weighted by atomic mass is 9.67. The Morgan fingerprint density at radius 3 is 2.59 bits per heavy atom. The standard InChI is InChI=1S/C22H38N2O5/c1-16(12-21(5)27-10-11-28-21)13-23-18(25)22-9-7-6-8-17(22)14-24(15-22)19(26)29-20(2,3)4/h16-17H,6-15H2,1-5H3,(H,23,25)/t16-,17+,22-/m1/s1. The second-order valence-electron chi connectivity index (χ2n) is 10.3. The first kappa shape index (κ1) is 22.3. The third kappa shape index (κ3) is 5.23. The first-order chi connectivity index (χ1) is 13.5. The van der Waals surface area contributed by atoms with Crippen LogP contribution in [0.25, 0.3) is 0 Å². The minimum Gasteiger partial charge on any atom is -0.444 e. The molecule has 0 aromatic carbocycles. The molecule has 1 N–H and O–H groups in total. The summed E-state index contributed by atoms with van der Waals surface area (Å²) in [5.74, 6) is -0.0168. The van der Waals surface area contributed by atoms with Gasteiger partial charge in [-0.2, -0.15) is 0 Å². The van der Waals surface area contributed by atoms with Crippen LogP contribution in [0.3, 0.4) is 0 Å². The zero-order chi connectivity index (χ0) is 21.3. The maximum atomic E-state index is 13.3. The topological polar surface area (TPSA) is 77.1 Å². The average molecular weight is 411 g/mol. The van der Waals surface area contributed by atoms with Gasteiger partial charge < -0.3 is 24.4 Å². The van der Waals surface area contributed by atoms with E-state index >= 15 is 0 Å². The Bertz CT molecular complexity index is 611. The minimum atomic E-state index is -0.545. The van der Waals surface area contributed by atoms with Crippen LogP contribution in [-0.4, -0.2) is 61.1 Å². The Hall–Kier alpha value is -1.34. The summed E-state index contributed by atoms with van der Waals surface area (Å²) in [5.41, 5.74) is -1.02. The van der Waals surface area contributed by atoms with E-state index in [0.29, 0.717) is 32.8 Å². The van der Waals surface area contributed by atoms with E-state index in [1.165, 1.54) is 0 Å². The summed E-state index contributed by atoms with van der Waals surface area (Å²) < 4.78 is 16.9. The van der Waals surface area contributed by atoms with E-state index in [9.17, 15) is 9.59 Å². The van der Waals surface area contributed by atoms with Crippen LogP contribution in [0.15, 0.2) is 0 Å². The van der Waals surface area contributed by atoms with Gasteiger partial charge in [-0.1, -0.05) is 19.8 Å². The van der Waals surface area contributed by atoms with Crippen LogP contribution in [0, 0.1) is 17.3 Å². The molecule has 3 atom stereocenters. The molecule has 3 aliphatic rings. The minimum absolute atomic E-state index is 0.0820. The first-order valence-electron chi connectivity index (χ1n) is 11.1. The molecule has 7 heteroatoms. The molecule has 29 heavy (non-hydrogen) atoms. The van der Waals surface area contributed by atoms with Crippen LogP contribution in [0.5, 0.6) is 0 Å². The van der Waals surface area contributed by atoms with Gasteiger partial charge in [0.1, 0.15) is 5.60 Å². The molecule has 0 unspecified atom stereocenters. The maximum Gasteiger partial charge on any atom is 0.410 e. The van der Waals surface area contributed by atoms with E-state index in [1.54, 1.807) is 4.90 Å². The summed E-state index contributed by atoms with van der Waals surface area (Å²) >= 11 is 0. The molecule has 166 valence electrons. The van der Waals surface area contributed by atoms with Crippen LogP contribution < -0.4 is 5.32 Å². The van der Waals surface area contributed by atoms with Crippen molar-refractivity contribution in [1.82, 2.24) is 10.2 Å². The fourth-order valence-corrected chi connectivity index (χ4v) is 5.12. The molecule has 0 spiro atoms. The molecule has 0 radical (unpaired) electrons. The Morgan fingerprint density at radius 2 is 1.93 bits per heavy atom. The number of hydrogen-bond donors (Lipinski definition) is 1. The molecule has 1 aliphatic carbocycles. The van der Waals surface area contributed by atoms with Crippen molar-refractivity contribution >= 4 is 12.0 Å². The van der Waals surface area contributed by atoms with Crippen molar-refractivity contribution in [3.8, 4) is 0 Å². The van der Waals surface area contributed by atoms with Crippen LogP contribution in [0.1, 0.15) is 66.7 Å². The lowest BCUT2D eigenvalue weighted by molar-refractivity contribution is -0.154. The fraction of sp³-hybridized carbons (Fsp3) is 0.909. The highest BCUT2D eigenvalue weighted by Crippen LogP contribution is 2.47. The molecule has 3 rings (SSSR count). The van der Waals surface area contributed by atoms with Gasteiger partial charge in [0.05, 0.1) is 18.6 Å². The lowest BCUT2D eigenvalue weighted by Gasteiger charge is -2.37. The van der Waals surface area contributed by atoms with Gasteiger partial charge in [-0.25, -0.2) is 4.79 Å². The molecule has 7 nitrogen and oxygen atoms in total. The summed E-state index contributed by atoms with van der Waals surface area (Å²) in [6, 6.07) is 0. The van der Waals surface area contributed by atoms with E-state index in [4.69, 9.17) is 14.2 Å². The monoisotopic (exact) mass is 410 g/mol. The first-order valence-corrected chi connectivity index (χ1v) is 11.1. The molecule has 2 amide bonds. The van der Waals surface area contributed by atoms with Crippen LogP contribution in [0.4, 0.5) is 4.79 Å². The number of ether oxygens (including phenoxy) is 3. The number of carbonyl (C=O) groups excluding carboxylic acids is 2. The summed E-state index contributed by atoms with van der Waals surface area (Å²) in [6.45, 7) is 12.6. The quantitative estimate of drug-likeness (QED) is 0.752. The summed E-state index contributed by atoms with van der Waals surface area (Å²) in [4.78, 5) is 27.7. The number of rotatable bonds is 5. The molecule has 3 fully saturated rings. The van der Waals surface area contributed by atoms with Gasteiger partial charge in [-0.3, -0.25) is 4.79 Å². The normalized spacial score (nSPS) is 30.0. The van der Waals surface area contributed by atoms with E-state index in [0.717, 1.165) is 32.1 Å². The number of amides is 2. The van der Waals surface area contributed by atoms with Gasteiger partial charge in [0.25, 0.3) is 0 Å². The van der Waals surface area contributed by atoms with Gasteiger partial charge in [-0.15, -0.1) is 0 Å². The SMILES string of the molecule is C[C@@H](CNC(=O)[C@@]12CCCC[C@H]1CN(C(=O)OC(C)(C)C)C2)CC1(C)OCCO1. The molecular weight excluding hydrogens is 372 g/mol. The van der Waals surface area contributed by atoms with Crippen LogP contribution in [0.2, 0.25) is 0 Å². The number of fused-ring (bicyclic) bond motifs is 1. The third-order valence-electron chi connectivity index (χ3n) is 6.45. The molecule has 1 saturated carbocycles. The highest BCUT2D eigenvalue weighted by Gasteiger charge is 2.54. The molecule has 2 heterocycles. The fourth-order valence-electron chi connectivity index (χ4n) is 5.12. The summed E-state index contributed by atoms with van der Waals surface area (Å²) in [5, 5.41) is 3.18. The lowest BCUT2D eigenvalue weighted by Crippen LogP contribution is -2.49. The zero-order valence-electron chi connectivity index (χ0n) is 18.7. The Balaban J connectivity index is 1.60. The Morgan fingerprint density at radius 1 is 1.24 bits per heavy atom. The van der Waals surface area contributed by atoms with E-state index < -0.39 is 16.8 Å². The number of likely N-dealkylation sites (tertiary alicyclic amines) is 1. The van der Waals surface area contributed by atoms with Gasteiger partial charge in [0.2, 0.25) is 5.91 Å². The second kappa shape index (κ2) is 8.42. The zero-order valence-corrected chi connectivity index (χ0v) is 18.7. The molecular formula is C22H38N2O5. The van der Waals surface area contributed by atoms with Crippen LogP contribution >= 0.6 is 0 Å². The van der Waals surface area contributed by atoms with Crippen molar-refractivity contribution in [1.29, 1.82) is 0 Å². The number of carbonyl (C=O) groups is 2. The van der Waals surface area contributed by atoms with Gasteiger partial charge >= 0.3 is 6.09 Å². The molecule has 2 saturated heterocycles. The number of nitrogens with one attached hydrogen (secondary N) is 1. The van der Waals surface area contributed by atoms with Crippen molar-refractivity contribution in [2.24, 2.45) is 17.3 Å². The predicted octanol–water partition coefficient (Wildman–Crippen LogP) is 3.32. The third-order valence-corrected chi connectivity index (χ3v) is 6.45. The van der Waals surface area contributed by atoms with Crippen molar-refractivity contribution < 1.29 is 23.8 Å². The smallest absolute Gasteiger partial charge is 0.410 e. The van der Waals surface area contributed by atoms with Gasteiger partial charge in [-0.05, 0) is 52.4 Å². The number of hydrogen-bond acceptors (Lipinski definition) is 5. The highest BCUT2D eigenvalue weighted by molar-refractivity contribution is 5.85. The van der Waals surface area contributed by atoms with Crippen LogP contribution in [-0.2, 0) is 19.0 Å². The largest absolute Gasteiger partial charge is 0.444 e. The predicted molar refractivity (Wildman–Crippen MR) is 109 cm³/mol. The van der Waals surface area contributed by atoms with Crippen molar-refractivity contribution in [3.63, 3.8) is 0 Å². The second-order valence-corrected chi connectivity index (χ2v) is 10.3. The van der Waals surface area contributed by atoms with E-state index in [2.05, 4.69) is 12.2 Å². The summed E-state index contributed by atoms with van der Waals surface area (Å²) in [7, 11) is 0. The Kier molecular flexibility index (Phi) is 6.49. The van der Waals surface area contributed by atoms with E-state index in [-0.39, 0.29) is 23.8 Å².